The lowest BCUT2D eigenvalue weighted by atomic mass is 10.0. The maximum Gasteiger partial charge on any atom is 0.169 e. The minimum Gasteiger partial charge on any atom is -0.490 e. The summed E-state index contributed by atoms with van der Waals surface area (Å²) in [5, 5.41) is 8.04. The highest BCUT2D eigenvalue weighted by atomic mass is 19.1. The van der Waals surface area contributed by atoms with Gasteiger partial charge in [-0.3, -0.25) is 0 Å². The van der Waals surface area contributed by atoms with E-state index in [1.807, 2.05) is 31.2 Å². The van der Waals surface area contributed by atoms with Crippen molar-refractivity contribution in [1.82, 2.24) is 20.3 Å². The molecule has 0 aliphatic carbocycles. The summed E-state index contributed by atoms with van der Waals surface area (Å²) < 4.78 is 19.6. The molecule has 0 atom stereocenters. The van der Waals surface area contributed by atoms with Crippen LogP contribution >= 0.6 is 0 Å². The van der Waals surface area contributed by atoms with E-state index in [0.717, 1.165) is 16.5 Å². The van der Waals surface area contributed by atoms with Crippen LogP contribution in [0.4, 0.5) is 15.9 Å². The quantitative estimate of drug-likeness (QED) is 0.745. The predicted molar refractivity (Wildman–Crippen MR) is 94.0 cm³/mol. The fraction of sp³-hybridized carbons (Fsp3) is 0.278. The Balaban J connectivity index is 1.55. The standard InChI is InChI=1S/C18H18FN5O/c1-12-22-7-14(8-23-12)24-17-16-3-2-15(6-13(16)4-5-21-17)25-11-18(19)9-20-10-18/h2-8,20H,9-11H2,1H3,(H,21,24). The first-order chi connectivity index (χ1) is 12.1. The molecule has 0 saturated carbocycles. The van der Waals surface area contributed by atoms with Gasteiger partial charge in [0.2, 0.25) is 0 Å². The van der Waals surface area contributed by atoms with E-state index in [-0.39, 0.29) is 6.61 Å². The first-order valence-corrected chi connectivity index (χ1v) is 8.08. The van der Waals surface area contributed by atoms with Crippen molar-refractivity contribution in [3.63, 3.8) is 0 Å². The molecule has 2 aromatic heterocycles. The summed E-state index contributed by atoms with van der Waals surface area (Å²) in [6, 6.07) is 7.54. The van der Waals surface area contributed by atoms with Gasteiger partial charge in [-0.05, 0) is 36.6 Å². The van der Waals surface area contributed by atoms with Gasteiger partial charge in [-0.25, -0.2) is 19.3 Å². The third-order valence-electron chi connectivity index (χ3n) is 4.16. The molecule has 1 aromatic carbocycles. The van der Waals surface area contributed by atoms with Crippen LogP contribution in [0.3, 0.4) is 0 Å². The number of benzene rings is 1. The first kappa shape index (κ1) is 15.7. The number of alkyl halides is 1. The number of nitrogens with one attached hydrogen (secondary N) is 2. The van der Waals surface area contributed by atoms with Gasteiger partial charge in [0.05, 0.1) is 18.1 Å². The van der Waals surface area contributed by atoms with E-state index in [0.29, 0.717) is 30.5 Å². The number of anilines is 2. The molecule has 0 amide bonds. The van der Waals surface area contributed by atoms with Crippen LogP contribution in [0, 0.1) is 6.92 Å². The van der Waals surface area contributed by atoms with Gasteiger partial charge in [0, 0.05) is 24.7 Å². The van der Waals surface area contributed by atoms with Crippen molar-refractivity contribution in [2.45, 2.75) is 12.6 Å². The number of fused-ring (bicyclic) bond motifs is 1. The lowest BCUT2D eigenvalue weighted by molar-refractivity contribution is 0.0347. The summed E-state index contributed by atoms with van der Waals surface area (Å²) in [6.07, 6.45) is 5.15. The number of halogens is 1. The van der Waals surface area contributed by atoms with Gasteiger partial charge in [-0.1, -0.05) is 0 Å². The monoisotopic (exact) mass is 339 g/mol. The highest BCUT2D eigenvalue weighted by molar-refractivity contribution is 5.93. The Labute approximate surface area is 144 Å². The number of pyridine rings is 1. The summed E-state index contributed by atoms with van der Waals surface area (Å²) in [7, 11) is 0. The van der Waals surface area contributed by atoms with Gasteiger partial charge in [0.1, 0.15) is 24.0 Å². The maximum absolute atomic E-state index is 14.0. The summed E-state index contributed by atoms with van der Waals surface area (Å²) in [5.41, 5.74) is -0.492. The smallest absolute Gasteiger partial charge is 0.169 e. The second-order valence-corrected chi connectivity index (χ2v) is 6.23. The molecule has 2 N–H and O–H groups in total. The van der Waals surface area contributed by atoms with Crippen LogP contribution in [0.1, 0.15) is 5.82 Å². The molecule has 0 spiro atoms. The number of aryl methyl sites for hydroxylation is 1. The molecule has 3 heterocycles. The van der Waals surface area contributed by atoms with E-state index in [1.54, 1.807) is 18.6 Å². The van der Waals surface area contributed by atoms with Crippen LogP contribution in [0.15, 0.2) is 42.9 Å². The lowest BCUT2D eigenvalue weighted by Gasteiger charge is -2.34. The zero-order valence-electron chi connectivity index (χ0n) is 13.8. The molecule has 0 unspecified atom stereocenters. The molecule has 4 rings (SSSR count). The van der Waals surface area contributed by atoms with Crippen LogP contribution in [0.2, 0.25) is 0 Å². The Morgan fingerprint density at radius 3 is 2.72 bits per heavy atom. The number of hydrogen-bond donors (Lipinski definition) is 2. The fourth-order valence-electron chi connectivity index (χ4n) is 2.65. The van der Waals surface area contributed by atoms with Crippen molar-refractivity contribution in [2.75, 3.05) is 25.0 Å². The van der Waals surface area contributed by atoms with Crippen molar-refractivity contribution in [3.05, 3.63) is 48.7 Å². The molecule has 1 aliphatic heterocycles. The highest BCUT2D eigenvalue weighted by Crippen LogP contribution is 2.28. The molecule has 1 aliphatic rings. The fourth-order valence-corrected chi connectivity index (χ4v) is 2.65. The van der Waals surface area contributed by atoms with Gasteiger partial charge in [0.25, 0.3) is 0 Å². The Kier molecular flexibility index (Phi) is 3.93. The molecule has 128 valence electrons. The minimum atomic E-state index is -1.26. The maximum atomic E-state index is 14.0. The molecule has 1 fully saturated rings. The van der Waals surface area contributed by atoms with E-state index in [2.05, 4.69) is 25.6 Å². The molecular weight excluding hydrogens is 321 g/mol. The van der Waals surface area contributed by atoms with E-state index in [4.69, 9.17) is 4.74 Å². The highest BCUT2D eigenvalue weighted by Gasteiger charge is 2.37. The Morgan fingerprint density at radius 1 is 1.20 bits per heavy atom. The van der Waals surface area contributed by atoms with Gasteiger partial charge >= 0.3 is 0 Å². The Morgan fingerprint density at radius 2 is 2.00 bits per heavy atom. The zero-order chi connectivity index (χ0) is 17.3. The third kappa shape index (κ3) is 3.36. The Bertz CT molecular complexity index is 896. The second-order valence-electron chi connectivity index (χ2n) is 6.23. The van der Waals surface area contributed by atoms with Gasteiger partial charge < -0.3 is 15.4 Å². The average molecular weight is 339 g/mol. The number of rotatable bonds is 5. The van der Waals surface area contributed by atoms with Crippen LogP contribution in [0.5, 0.6) is 5.75 Å². The van der Waals surface area contributed by atoms with E-state index < -0.39 is 5.67 Å². The molecule has 7 heteroatoms. The van der Waals surface area contributed by atoms with Gasteiger partial charge in [0.15, 0.2) is 5.67 Å². The van der Waals surface area contributed by atoms with Crippen molar-refractivity contribution in [1.29, 1.82) is 0 Å². The largest absolute Gasteiger partial charge is 0.490 e. The van der Waals surface area contributed by atoms with Crippen LogP contribution in [-0.2, 0) is 0 Å². The van der Waals surface area contributed by atoms with Gasteiger partial charge in [-0.15, -0.1) is 0 Å². The second kappa shape index (κ2) is 6.25. The third-order valence-corrected chi connectivity index (χ3v) is 4.16. The number of hydrogen-bond acceptors (Lipinski definition) is 6. The number of aromatic nitrogens is 3. The molecule has 3 aromatic rings. The number of ether oxygens (including phenoxy) is 1. The number of nitrogens with zero attached hydrogens (tertiary/aromatic N) is 3. The molecule has 0 bridgehead atoms. The summed E-state index contributed by atoms with van der Waals surface area (Å²) >= 11 is 0. The topological polar surface area (TPSA) is 72.0 Å². The van der Waals surface area contributed by atoms with E-state index in [1.165, 1.54) is 0 Å². The predicted octanol–water partition coefficient (Wildman–Crippen LogP) is 2.77. The molecule has 6 nitrogen and oxygen atoms in total. The summed E-state index contributed by atoms with van der Waals surface area (Å²) in [4.78, 5) is 12.7. The van der Waals surface area contributed by atoms with Crippen molar-refractivity contribution in [3.8, 4) is 5.75 Å². The average Bonchev–Trinajstić information content (AvgIpc) is 2.60. The van der Waals surface area contributed by atoms with Crippen molar-refractivity contribution >= 4 is 22.3 Å². The summed E-state index contributed by atoms with van der Waals surface area (Å²) in [6.45, 7) is 2.58. The van der Waals surface area contributed by atoms with Crippen molar-refractivity contribution in [2.24, 2.45) is 0 Å². The molecule has 0 radical (unpaired) electrons. The van der Waals surface area contributed by atoms with Crippen LogP contribution < -0.4 is 15.4 Å². The van der Waals surface area contributed by atoms with Crippen molar-refractivity contribution < 1.29 is 9.13 Å². The molecular formula is C18H18FN5O. The molecule has 1 saturated heterocycles. The SMILES string of the molecule is Cc1ncc(Nc2nccc3cc(OCC4(F)CNC4)ccc23)cn1. The van der Waals surface area contributed by atoms with E-state index in [9.17, 15) is 4.39 Å². The lowest BCUT2D eigenvalue weighted by Crippen LogP contribution is -2.59. The normalized spacial score (nSPS) is 15.6. The minimum absolute atomic E-state index is 0.0579. The van der Waals surface area contributed by atoms with E-state index >= 15 is 0 Å². The molecule has 25 heavy (non-hydrogen) atoms. The van der Waals surface area contributed by atoms with Crippen LogP contribution in [0.25, 0.3) is 10.8 Å². The van der Waals surface area contributed by atoms with Crippen LogP contribution in [-0.4, -0.2) is 40.3 Å². The summed E-state index contributed by atoms with van der Waals surface area (Å²) in [5.74, 6) is 2.07. The van der Waals surface area contributed by atoms with Gasteiger partial charge in [-0.2, -0.15) is 0 Å². The first-order valence-electron chi connectivity index (χ1n) is 8.08. The zero-order valence-corrected chi connectivity index (χ0v) is 13.8. The Hall–Kier alpha value is -2.80.